The second kappa shape index (κ2) is 5.85. The van der Waals surface area contributed by atoms with Crippen LogP contribution in [-0.2, 0) is 16.4 Å². The molecule has 0 heterocycles. The Balaban J connectivity index is 1.85. The molecule has 1 N–H and O–H groups in total. The topological polar surface area (TPSA) is 55.4 Å². The van der Waals surface area contributed by atoms with Crippen molar-refractivity contribution in [2.24, 2.45) is 0 Å². The number of ether oxygens (including phenoxy) is 1. The van der Waals surface area contributed by atoms with Gasteiger partial charge in [-0.15, -0.1) is 0 Å². The third kappa shape index (κ3) is 2.99. The quantitative estimate of drug-likeness (QED) is 0.940. The molecular formula is C17H17NO3S. The van der Waals surface area contributed by atoms with E-state index in [1.165, 1.54) is 5.56 Å². The van der Waals surface area contributed by atoms with E-state index in [1.807, 2.05) is 24.3 Å². The van der Waals surface area contributed by atoms with Crippen LogP contribution >= 0.6 is 0 Å². The van der Waals surface area contributed by atoms with Crippen molar-refractivity contribution in [3.8, 4) is 5.75 Å². The van der Waals surface area contributed by atoms with Gasteiger partial charge in [-0.25, -0.2) is 8.42 Å². The number of benzene rings is 2. The predicted molar refractivity (Wildman–Crippen MR) is 88.3 cm³/mol. The zero-order valence-corrected chi connectivity index (χ0v) is 13.1. The van der Waals surface area contributed by atoms with E-state index in [9.17, 15) is 8.42 Å². The lowest BCUT2D eigenvalue weighted by Crippen LogP contribution is -2.17. The van der Waals surface area contributed by atoms with Crippen LogP contribution in [0.2, 0.25) is 0 Å². The average molecular weight is 315 g/mol. The standard InChI is InChI=1S/C17H17NO3S/c1-21-16-9-7-15(8-10-16)18-22(19,20)17-11-6-13-4-2-3-5-14(13)12-17/h2-5,7-10,12,18H,6,11H2,1H3. The average Bonchev–Trinajstić information content (AvgIpc) is 2.55. The number of methoxy groups -OCH3 is 1. The summed E-state index contributed by atoms with van der Waals surface area (Å²) in [5, 5.41) is 0. The van der Waals surface area contributed by atoms with E-state index >= 15 is 0 Å². The summed E-state index contributed by atoms with van der Waals surface area (Å²) in [4.78, 5) is 0.419. The van der Waals surface area contributed by atoms with Crippen molar-refractivity contribution in [3.63, 3.8) is 0 Å². The minimum Gasteiger partial charge on any atom is -0.497 e. The van der Waals surface area contributed by atoms with Gasteiger partial charge in [0.2, 0.25) is 0 Å². The lowest BCUT2D eigenvalue weighted by molar-refractivity contribution is 0.415. The van der Waals surface area contributed by atoms with Crippen molar-refractivity contribution in [2.45, 2.75) is 12.8 Å². The van der Waals surface area contributed by atoms with E-state index in [0.717, 1.165) is 12.0 Å². The van der Waals surface area contributed by atoms with Gasteiger partial charge in [0.1, 0.15) is 5.75 Å². The molecule has 0 amide bonds. The predicted octanol–water partition coefficient (Wildman–Crippen LogP) is 3.42. The van der Waals surface area contributed by atoms with Crippen molar-refractivity contribution >= 4 is 21.8 Å². The summed E-state index contributed by atoms with van der Waals surface area (Å²) in [5.74, 6) is 0.689. The fourth-order valence-electron chi connectivity index (χ4n) is 2.50. The van der Waals surface area contributed by atoms with Crippen molar-refractivity contribution in [1.82, 2.24) is 0 Å². The normalized spacial score (nSPS) is 14.0. The summed E-state index contributed by atoms with van der Waals surface area (Å²) < 4.78 is 32.7. The summed E-state index contributed by atoms with van der Waals surface area (Å²) in [6.45, 7) is 0. The van der Waals surface area contributed by atoms with Gasteiger partial charge in [-0.1, -0.05) is 24.3 Å². The molecule has 2 aromatic carbocycles. The molecule has 0 aromatic heterocycles. The first kappa shape index (κ1) is 14.7. The van der Waals surface area contributed by atoms with Crippen LogP contribution in [0.1, 0.15) is 17.5 Å². The molecule has 1 aliphatic carbocycles. The van der Waals surface area contributed by atoms with E-state index < -0.39 is 10.0 Å². The third-order valence-corrected chi connectivity index (χ3v) is 5.22. The fraction of sp³-hybridized carbons (Fsp3) is 0.176. The molecule has 2 aromatic rings. The Kier molecular flexibility index (Phi) is 3.90. The highest BCUT2D eigenvalue weighted by atomic mass is 32.2. The van der Waals surface area contributed by atoms with Crippen LogP contribution in [0, 0.1) is 0 Å². The van der Waals surface area contributed by atoms with E-state index in [-0.39, 0.29) is 0 Å². The first-order valence-electron chi connectivity index (χ1n) is 7.04. The summed E-state index contributed by atoms with van der Waals surface area (Å²) in [7, 11) is -1.96. The van der Waals surface area contributed by atoms with Gasteiger partial charge in [-0.3, -0.25) is 4.72 Å². The Morgan fingerprint density at radius 2 is 1.73 bits per heavy atom. The molecule has 0 spiro atoms. The first-order valence-corrected chi connectivity index (χ1v) is 8.52. The zero-order valence-electron chi connectivity index (χ0n) is 12.2. The molecule has 0 bridgehead atoms. The number of aryl methyl sites for hydroxylation is 1. The minimum atomic E-state index is -3.53. The molecule has 0 atom stereocenters. The van der Waals surface area contributed by atoms with Gasteiger partial charge in [0.15, 0.2) is 0 Å². The van der Waals surface area contributed by atoms with Gasteiger partial charge in [-0.05, 0) is 54.3 Å². The Labute approximate surface area is 130 Å². The van der Waals surface area contributed by atoms with E-state index in [1.54, 1.807) is 37.5 Å². The molecule has 0 saturated heterocycles. The van der Waals surface area contributed by atoms with Gasteiger partial charge in [0.05, 0.1) is 12.0 Å². The monoisotopic (exact) mass is 315 g/mol. The Bertz CT molecular complexity index is 808. The van der Waals surface area contributed by atoms with Crippen LogP contribution < -0.4 is 9.46 Å². The Morgan fingerprint density at radius 3 is 2.45 bits per heavy atom. The van der Waals surface area contributed by atoms with Crippen LogP contribution in [0.3, 0.4) is 0 Å². The Morgan fingerprint density at radius 1 is 1.00 bits per heavy atom. The first-order chi connectivity index (χ1) is 10.6. The molecule has 0 fully saturated rings. The lowest BCUT2D eigenvalue weighted by atomic mass is 9.98. The van der Waals surface area contributed by atoms with Crippen LogP contribution in [0.4, 0.5) is 5.69 Å². The van der Waals surface area contributed by atoms with Gasteiger partial charge in [0, 0.05) is 5.69 Å². The second-order valence-corrected chi connectivity index (χ2v) is 6.88. The number of fused-ring (bicyclic) bond motifs is 1. The highest BCUT2D eigenvalue weighted by molar-refractivity contribution is 7.96. The number of nitrogens with one attached hydrogen (secondary N) is 1. The van der Waals surface area contributed by atoms with Gasteiger partial charge < -0.3 is 4.74 Å². The lowest BCUT2D eigenvalue weighted by Gasteiger charge is -2.17. The molecule has 0 saturated carbocycles. The molecule has 22 heavy (non-hydrogen) atoms. The highest BCUT2D eigenvalue weighted by Crippen LogP contribution is 2.28. The molecule has 1 aliphatic rings. The maximum Gasteiger partial charge on any atom is 0.258 e. The molecule has 0 radical (unpaired) electrons. The Hall–Kier alpha value is -2.27. The maximum atomic E-state index is 12.5. The smallest absolute Gasteiger partial charge is 0.258 e. The summed E-state index contributed by atoms with van der Waals surface area (Å²) in [6.07, 6.45) is 3.01. The van der Waals surface area contributed by atoms with Gasteiger partial charge in [0.25, 0.3) is 10.0 Å². The molecular weight excluding hydrogens is 298 g/mol. The number of hydrogen-bond acceptors (Lipinski definition) is 3. The van der Waals surface area contributed by atoms with Gasteiger partial charge in [-0.2, -0.15) is 0 Å². The van der Waals surface area contributed by atoms with Crippen LogP contribution in [0.25, 0.3) is 6.08 Å². The van der Waals surface area contributed by atoms with Crippen molar-refractivity contribution in [2.75, 3.05) is 11.8 Å². The van der Waals surface area contributed by atoms with Crippen LogP contribution in [0.15, 0.2) is 53.4 Å². The molecule has 3 rings (SSSR count). The fourth-order valence-corrected chi connectivity index (χ4v) is 3.73. The highest BCUT2D eigenvalue weighted by Gasteiger charge is 2.21. The SMILES string of the molecule is COc1ccc(NS(=O)(=O)C2=Cc3ccccc3CC2)cc1. The third-order valence-electron chi connectivity index (χ3n) is 3.70. The summed E-state index contributed by atoms with van der Waals surface area (Å²) in [5.41, 5.74) is 2.69. The van der Waals surface area contributed by atoms with Gasteiger partial charge >= 0.3 is 0 Å². The van der Waals surface area contributed by atoms with E-state index in [2.05, 4.69) is 4.72 Å². The number of hydrogen-bond donors (Lipinski definition) is 1. The van der Waals surface area contributed by atoms with E-state index in [0.29, 0.717) is 22.8 Å². The van der Waals surface area contributed by atoms with Crippen molar-refractivity contribution in [1.29, 1.82) is 0 Å². The number of rotatable bonds is 4. The molecule has 0 aliphatic heterocycles. The maximum absolute atomic E-state index is 12.5. The van der Waals surface area contributed by atoms with Crippen LogP contribution in [0.5, 0.6) is 5.75 Å². The molecule has 0 unspecified atom stereocenters. The number of anilines is 1. The minimum absolute atomic E-state index is 0.419. The zero-order chi connectivity index (χ0) is 15.6. The largest absolute Gasteiger partial charge is 0.497 e. The summed E-state index contributed by atoms with van der Waals surface area (Å²) >= 11 is 0. The molecule has 114 valence electrons. The van der Waals surface area contributed by atoms with Crippen molar-refractivity contribution in [3.05, 3.63) is 64.6 Å². The number of allylic oxidation sites excluding steroid dienone is 1. The second-order valence-electron chi connectivity index (χ2n) is 5.14. The number of sulfonamides is 1. The molecule has 5 heteroatoms. The molecule has 4 nitrogen and oxygen atoms in total. The van der Waals surface area contributed by atoms with Crippen LogP contribution in [-0.4, -0.2) is 15.5 Å². The summed E-state index contributed by atoms with van der Waals surface area (Å²) in [6, 6.07) is 14.7. The van der Waals surface area contributed by atoms with Crippen molar-refractivity contribution < 1.29 is 13.2 Å². The van der Waals surface area contributed by atoms with E-state index in [4.69, 9.17) is 4.74 Å².